The summed E-state index contributed by atoms with van der Waals surface area (Å²) in [6, 6.07) is 7.28. The quantitative estimate of drug-likeness (QED) is 0.174. The number of urea groups is 1. The van der Waals surface area contributed by atoms with Crippen LogP contribution >= 0.6 is 11.6 Å². The van der Waals surface area contributed by atoms with E-state index in [0.717, 1.165) is 24.8 Å². The van der Waals surface area contributed by atoms with Crippen LogP contribution in [0.5, 0.6) is 0 Å². The molecule has 2 heterocycles. The summed E-state index contributed by atoms with van der Waals surface area (Å²) in [5.74, 6) is 1.95. The standard InChI is InChI=1S/C35H55ClN5O3Si2/c1-23(2)46(24(3)4,25(5)6)43-19-18-40-31-27(22-41(33(40)42)30-15-13-12-14-29(30)36)21-37-32(38-31)39(11)35(44-45)17-16-28(20-26(35)7)34(8,9)10/h12-15,21,23-26,28H,16-20,22H2,1-11H3. The molecule has 1 saturated carbocycles. The summed E-state index contributed by atoms with van der Waals surface area (Å²) < 4.78 is 13.1. The third kappa shape index (κ3) is 6.79. The van der Waals surface area contributed by atoms with E-state index in [2.05, 4.69) is 84.6 Å². The Hall–Kier alpha value is -1.99. The van der Waals surface area contributed by atoms with Gasteiger partial charge in [0.05, 0.1) is 30.4 Å². The average Bonchev–Trinajstić information content (AvgIpc) is 2.99. The molecular weight excluding hydrogens is 630 g/mol. The summed E-state index contributed by atoms with van der Waals surface area (Å²) in [5, 5.41) is 0.523. The van der Waals surface area contributed by atoms with Crippen LogP contribution in [-0.4, -0.2) is 60.7 Å². The average molecular weight is 685 g/mol. The van der Waals surface area contributed by atoms with Crippen molar-refractivity contribution in [2.75, 3.05) is 34.9 Å². The molecule has 0 N–H and O–H groups in total. The van der Waals surface area contributed by atoms with Crippen molar-refractivity contribution in [3.8, 4) is 0 Å². The molecule has 1 aromatic heterocycles. The minimum Gasteiger partial charge on any atom is -0.414 e. The maximum Gasteiger partial charge on any atom is 0.330 e. The third-order valence-corrected chi connectivity index (χ3v) is 17.7. The second-order valence-electron chi connectivity index (χ2n) is 15.4. The molecule has 0 saturated heterocycles. The number of hydrogen-bond donors (Lipinski definition) is 0. The molecule has 3 radical (unpaired) electrons. The molecule has 1 fully saturated rings. The number of aromatic nitrogens is 2. The van der Waals surface area contributed by atoms with E-state index >= 15 is 0 Å². The highest BCUT2D eigenvalue weighted by atomic mass is 35.5. The number of anilines is 3. The molecule has 2 aliphatic rings. The Bertz CT molecular complexity index is 1350. The largest absolute Gasteiger partial charge is 0.414 e. The molecule has 2 aromatic rings. The van der Waals surface area contributed by atoms with Crippen molar-refractivity contribution in [1.29, 1.82) is 0 Å². The molecule has 46 heavy (non-hydrogen) atoms. The molecule has 4 rings (SSSR count). The van der Waals surface area contributed by atoms with Gasteiger partial charge in [-0.25, -0.2) is 9.78 Å². The van der Waals surface area contributed by atoms with E-state index in [1.807, 2.05) is 37.5 Å². The number of nitrogens with zero attached hydrogens (tertiary/aromatic N) is 5. The molecule has 1 aliphatic heterocycles. The maximum atomic E-state index is 14.3. The molecule has 1 aliphatic carbocycles. The fourth-order valence-electron chi connectivity index (χ4n) is 8.27. The Morgan fingerprint density at radius 2 is 1.76 bits per heavy atom. The zero-order valence-corrected chi connectivity index (χ0v) is 32.6. The molecule has 0 spiro atoms. The number of amides is 2. The summed E-state index contributed by atoms with van der Waals surface area (Å²) >= 11 is 6.61. The first-order valence-electron chi connectivity index (χ1n) is 16.9. The van der Waals surface area contributed by atoms with Crippen LogP contribution in [0, 0.1) is 17.3 Å². The first-order valence-corrected chi connectivity index (χ1v) is 19.9. The highest BCUT2D eigenvalue weighted by molar-refractivity contribution is 6.77. The molecule has 11 heteroatoms. The Morgan fingerprint density at radius 1 is 1.13 bits per heavy atom. The van der Waals surface area contributed by atoms with E-state index in [-0.39, 0.29) is 17.4 Å². The van der Waals surface area contributed by atoms with E-state index in [1.165, 1.54) is 0 Å². The summed E-state index contributed by atoms with van der Waals surface area (Å²) in [6.07, 6.45) is 4.75. The highest BCUT2D eigenvalue weighted by Gasteiger charge is 2.48. The van der Waals surface area contributed by atoms with Crippen LogP contribution in [0.2, 0.25) is 21.6 Å². The minimum atomic E-state index is -2.14. The number of benzene rings is 1. The van der Waals surface area contributed by atoms with E-state index in [4.69, 9.17) is 30.4 Å². The summed E-state index contributed by atoms with van der Waals surface area (Å²) in [6.45, 7) is 24.0. The van der Waals surface area contributed by atoms with Gasteiger partial charge >= 0.3 is 6.03 Å². The minimum absolute atomic E-state index is 0.174. The monoisotopic (exact) mass is 684 g/mol. The van der Waals surface area contributed by atoms with Gasteiger partial charge in [0.2, 0.25) is 16.4 Å². The summed E-state index contributed by atoms with van der Waals surface area (Å²) in [4.78, 5) is 29.8. The van der Waals surface area contributed by atoms with E-state index in [1.54, 1.807) is 9.80 Å². The van der Waals surface area contributed by atoms with Gasteiger partial charge in [0.15, 0.2) is 8.32 Å². The van der Waals surface area contributed by atoms with Crippen molar-refractivity contribution < 1.29 is 13.6 Å². The Morgan fingerprint density at radius 3 is 2.30 bits per heavy atom. The van der Waals surface area contributed by atoms with Gasteiger partial charge in [0.25, 0.3) is 0 Å². The summed E-state index contributed by atoms with van der Waals surface area (Å²) in [5.41, 5.74) is 2.44. The van der Waals surface area contributed by atoms with Crippen LogP contribution < -0.4 is 14.7 Å². The van der Waals surface area contributed by atoms with Crippen molar-refractivity contribution >= 4 is 53.9 Å². The lowest BCUT2D eigenvalue weighted by Gasteiger charge is -2.52. The molecule has 3 atom stereocenters. The smallest absolute Gasteiger partial charge is 0.330 e. The van der Waals surface area contributed by atoms with Crippen LogP contribution in [0.25, 0.3) is 0 Å². The van der Waals surface area contributed by atoms with Gasteiger partial charge in [-0.3, -0.25) is 9.80 Å². The fourth-order valence-corrected chi connectivity index (χ4v) is 14.4. The molecule has 3 unspecified atom stereocenters. The van der Waals surface area contributed by atoms with Crippen LogP contribution in [0.4, 0.5) is 22.2 Å². The number of carbonyl (C=O) groups is 1. The Kier molecular flexibility index (Phi) is 11.4. The van der Waals surface area contributed by atoms with Crippen molar-refractivity contribution in [3.05, 3.63) is 41.0 Å². The predicted octanol–water partition coefficient (Wildman–Crippen LogP) is 8.98. The predicted molar refractivity (Wildman–Crippen MR) is 193 cm³/mol. The van der Waals surface area contributed by atoms with Gasteiger partial charge in [0.1, 0.15) is 11.5 Å². The molecule has 8 nitrogen and oxygen atoms in total. The van der Waals surface area contributed by atoms with Crippen molar-refractivity contribution in [3.63, 3.8) is 0 Å². The summed E-state index contributed by atoms with van der Waals surface area (Å²) in [7, 11) is 3.32. The zero-order chi connectivity index (χ0) is 34.2. The van der Waals surface area contributed by atoms with Crippen LogP contribution in [0.3, 0.4) is 0 Å². The van der Waals surface area contributed by atoms with E-state index < -0.39 is 14.0 Å². The van der Waals surface area contributed by atoms with Crippen LogP contribution in [0.1, 0.15) is 94.1 Å². The zero-order valence-electron chi connectivity index (χ0n) is 29.9. The number of fused-ring (bicyclic) bond motifs is 1. The van der Waals surface area contributed by atoms with Crippen LogP contribution in [-0.2, 0) is 15.4 Å². The molecule has 1 aromatic carbocycles. The lowest BCUT2D eigenvalue weighted by molar-refractivity contribution is -0.0433. The number of carbonyl (C=O) groups excluding carboxylic acids is 1. The van der Waals surface area contributed by atoms with Gasteiger partial charge in [-0.05, 0) is 59.4 Å². The maximum absolute atomic E-state index is 14.3. The number of rotatable bonds is 11. The lowest BCUT2D eigenvalue weighted by atomic mass is 9.66. The van der Waals surface area contributed by atoms with Gasteiger partial charge in [-0.1, -0.05) is 93.0 Å². The Labute approximate surface area is 287 Å². The van der Waals surface area contributed by atoms with Gasteiger partial charge < -0.3 is 13.8 Å². The van der Waals surface area contributed by atoms with E-state index in [0.29, 0.717) is 64.7 Å². The topological polar surface area (TPSA) is 71.0 Å². The van der Waals surface area contributed by atoms with Gasteiger partial charge in [0, 0.05) is 24.7 Å². The van der Waals surface area contributed by atoms with Gasteiger partial charge in [-0.15, -0.1) is 0 Å². The van der Waals surface area contributed by atoms with Crippen LogP contribution in [0.15, 0.2) is 30.5 Å². The van der Waals surface area contributed by atoms with E-state index in [9.17, 15) is 4.79 Å². The normalized spacial score (nSPS) is 22.7. The number of para-hydroxylation sites is 1. The molecule has 0 bridgehead atoms. The first kappa shape index (κ1) is 36.8. The van der Waals surface area contributed by atoms with Gasteiger partial charge in [-0.2, -0.15) is 4.98 Å². The molecule has 2 amide bonds. The van der Waals surface area contributed by atoms with Crippen molar-refractivity contribution in [2.24, 2.45) is 17.3 Å². The molecular formula is C35H55ClN5O3Si2. The lowest BCUT2D eigenvalue weighted by Crippen LogP contribution is -2.57. The second-order valence-corrected chi connectivity index (χ2v) is 21.5. The Balaban J connectivity index is 1.71. The highest BCUT2D eigenvalue weighted by Crippen LogP contribution is 2.48. The molecule has 253 valence electrons. The van der Waals surface area contributed by atoms with Crippen molar-refractivity contribution in [2.45, 2.75) is 117 Å². The number of halogens is 1. The third-order valence-electron chi connectivity index (χ3n) is 10.9. The fraction of sp³-hybridized carbons (Fsp3) is 0.686. The first-order chi connectivity index (χ1) is 21.5. The second kappa shape index (κ2) is 14.2. The number of hydrogen-bond acceptors (Lipinski definition) is 6. The SMILES string of the molecule is CC1CC(C(C)(C)C)CCC1(O[Si])N(C)c1ncc2c(n1)N(CCO[Si](C(C)C)(C(C)C)C(C)C)C(=O)N(c1ccccc1Cl)C2. The van der Waals surface area contributed by atoms with Crippen molar-refractivity contribution in [1.82, 2.24) is 9.97 Å².